The molecule has 0 saturated carbocycles. The Balaban J connectivity index is 4.37. The largest absolute Gasteiger partial charge is 0.462 e. The Morgan fingerprint density at radius 1 is 0.339 bits per heavy atom. The molecular weight excluding hydrogens is 769 g/mol. The topological polar surface area (TPSA) is 78.9 Å². The van der Waals surface area contributed by atoms with E-state index in [4.69, 9.17) is 14.2 Å². The molecule has 62 heavy (non-hydrogen) atoms. The third-order valence-electron chi connectivity index (χ3n) is 11.6. The molecule has 0 aromatic carbocycles. The molecule has 0 aliphatic heterocycles. The maximum Gasteiger partial charge on any atom is 0.306 e. The van der Waals surface area contributed by atoms with E-state index in [2.05, 4.69) is 69.4 Å². The molecule has 0 aromatic rings. The summed E-state index contributed by atoms with van der Waals surface area (Å²) >= 11 is 0. The van der Waals surface area contributed by atoms with Gasteiger partial charge in [-0.15, -0.1) is 0 Å². The van der Waals surface area contributed by atoms with Crippen LogP contribution in [0, 0.1) is 0 Å². The van der Waals surface area contributed by atoms with Gasteiger partial charge in [-0.3, -0.25) is 14.4 Å². The summed E-state index contributed by atoms with van der Waals surface area (Å²) < 4.78 is 16.8. The van der Waals surface area contributed by atoms with E-state index in [9.17, 15) is 14.4 Å². The molecule has 0 spiro atoms. The minimum Gasteiger partial charge on any atom is -0.462 e. The van der Waals surface area contributed by atoms with Crippen molar-refractivity contribution in [1.82, 2.24) is 0 Å². The van der Waals surface area contributed by atoms with Crippen LogP contribution in [0.15, 0.2) is 48.6 Å². The Labute approximate surface area is 384 Å². The highest BCUT2D eigenvalue weighted by atomic mass is 16.6. The van der Waals surface area contributed by atoms with Gasteiger partial charge in [-0.05, 0) is 77.0 Å². The Kier molecular flexibility index (Phi) is 48.8. The number of ether oxygens (including phenoxy) is 3. The van der Waals surface area contributed by atoms with Gasteiger partial charge in [0.1, 0.15) is 13.2 Å². The fourth-order valence-electron chi connectivity index (χ4n) is 7.57. The lowest BCUT2D eigenvalue weighted by molar-refractivity contribution is -0.167. The third kappa shape index (κ3) is 48.4. The van der Waals surface area contributed by atoms with E-state index in [1.807, 2.05) is 0 Å². The zero-order valence-corrected chi connectivity index (χ0v) is 41.1. The van der Waals surface area contributed by atoms with Gasteiger partial charge in [0.25, 0.3) is 0 Å². The van der Waals surface area contributed by atoms with E-state index in [-0.39, 0.29) is 31.1 Å². The molecule has 1 atom stereocenters. The second-order valence-electron chi connectivity index (χ2n) is 17.8. The molecule has 0 rings (SSSR count). The molecule has 0 N–H and O–H groups in total. The van der Waals surface area contributed by atoms with Crippen molar-refractivity contribution < 1.29 is 28.6 Å². The van der Waals surface area contributed by atoms with Crippen LogP contribution in [0.4, 0.5) is 0 Å². The van der Waals surface area contributed by atoms with Gasteiger partial charge in [-0.2, -0.15) is 0 Å². The van der Waals surface area contributed by atoms with Gasteiger partial charge >= 0.3 is 17.9 Å². The molecule has 0 bridgehead atoms. The molecule has 0 aliphatic rings. The van der Waals surface area contributed by atoms with Gasteiger partial charge in [-0.1, -0.05) is 223 Å². The fraction of sp³-hybridized carbons (Fsp3) is 0.804. The number of carbonyl (C=O) groups is 3. The molecule has 0 aliphatic carbocycles. The number of esters is 3. The second kappa shape index (κ2) is 51.0. The van der Waals surface area contributed by atoms with Crippen molar-refractivity contribution in [3.63, 3.8) is 0 Å². The molecule has 0 heterocycles. The van der Waals surface area contributed by atoms with Crippen LogP contribution in [0.1, 0.15) is 271 Å². The number of hydrogen-bond donors (Lipinski definition) is 0. The third-order valence-corrected chi connectivity index (χ3v) is 11.6. The zero-order chi connectivity index (χ0) is 45.1. The van der Waals surface area contributed by atoms with Crippen LogP contribution in [0.3, 0.4) is 0 Å². The van der Waals surface area contributed by atoms with Crippen molar-refractivity contribution in [2.75, 3.05) is 13.2 Å². The SMILES string of the molecule is CC/C=C\C/C=C\C/C=C\CCCCCCC(=O)OC(COC(=O)CCCCCCC/C=C\CCCCCCCCCCC)COC(=O)CCCCCCCCCCCCCC. The molecule has 0 saturated heterocycles. The van der Waals surface area contributed by atoms with Gasteiger partial charge in [-0.25, -0.2) is 0 Å². The smallest absolute Gasteiger partial charge is 0.306 e. The summed E-state index contributed by atoms with van der Waals surface area (Å²) in [4.78, 5) is 38.0. The summed E-state index contributed by atoms with van der Waals surface area (Å²) in [6.07, 6.45) is 61.0. The predicted molar refractivity (Wildman–Crippen MR) is 265 cm³/mol. The standard InChI is InChI=1S/C56H100O6/c1-4-7-10-13-16-19-22-25-27-28-29-30-32-34-37-40-43-46-49-55(58)61-52-53(51-60-54(57)48-45-42-39-36-33-24-21-18-15-12-9-6-3)62-56(59)50-47-44-41-38-35-31-26-23-20-17-14-11-8-5-2/h8,11,17,20,26,29-31,53H,4-7,9-10,12-16,18-19,21-25,27-28,32-52H2,1-3H3/b11-8-,20-17-,30-29-,31-26-. The van der Waals surface area contributed by atoms with Crippen LogP contribution in [0.25, 0.3) is 0 Å². The van der Waals surface area contributed by atoms with Gasteiger partial charge in [0.2, 0.25) is 0 Å². The number of carbonyl (C=O) groups excluding carboxylic acids is 3. The van der Waals surface area contributed by atoms with Crippen LogP contribution >= 0.6 is 0 Å². The highest BCUT2D eigenvalue weighted by molar-refractivity contribution is 5.71. The van der Waals surface area contributed by atoms with Crippen molar-refractivity contribution in [2.45, 2.75) is 277 Å². The fourth-order valence-corrected chi connectivity index (χ4v) is 7.57. The van der Waals surface area contributed by atoms with Crippen LogP contribution in [0.5, 0.6) is 0 Å². The van der Waals surface area contributed by atoms with Gasteiger partial charge in [0.15, 0.2) is 6.10 Å². The van der Waals surface area contributed by atoms with Crippen molar-refractivity contribution in [3.05, 3.63) is 48.6 Å². The molecular formula is C56H100O6. The van der Waals surface area contributed by atoms with E-state index in [1.54, 1.807) is 0 Å². The molecule has 0 radical (unpaired) electrons. The van der Waals surface area contributed by atoms with E-state index in [1.165, 1.54) is 135 Å². The average Bonchev–Trinajstić information content (AvgIpc) is 3.27. The molecule has 1 unspecified atom stereocenters. The minimum atomic E-state index is -0.785. The number of allylic oxidation sites excluding steroid dienone is 8. The minimum absolute atomic E-state index is 0.0826. The Hall–Kier alpha value is -2.63. The van der Waals surface area contributed by atoms with Crippen molar-refractivity contribution in [2.24, 2.45) is 0 Å². The van der Waals surface area contributed by atoms with E-state index in [0.29, 0.717) is 19.3 Å². The number of unbranched alkanes of at least 4 members (excludes halogenated alkanes) is 29. The summed E-state index contributed by atoms with van der Waals surface area (Å²) in [5.41, 5.74) is 0. The van der Waals surface area contributed by atoms with E-state index in [0.717, 1.165) is 96.3 Å². The second-order valence-corrected chi connectivity index (χ2v) is 17.8. The Morgan fingerprint density at radius 2 is 0.629 bits per heavy atom. The maximum atomic E-state index is 12.8. The van der Waals surface area contributed by atoms with Crippen molar-refractivity contribution in [3.8, 4) is 0 Å². The highest BCUT2D eigenvalue weighted by Crippen LogP contribution is 2.15. The number of rotatable bonds is 48. The van der Waals surface area contributed by atoms with Crippen molar-refractivity contribution in [1.29, 1.82) is 0 Å². The van der Waals surface area contributed by atoms with Crippen LogP contribution in [-0.2, 0) is 28.6 Å². The van der Waals surface area contributed by atoms with E-state index >= 15 is 0 Å². The summed E-state index contributed by atoms with van der Waals surface area (Å²) in [5, 5.41) is 0. The molecule has 0 aromatic heterocycles. The molecule has 0 fully saturated rings. The summed E-state index contributed by atoms with van der Waals surface area (Å²) in [6, 6.07) is 0. The first-order valence-corrected chi connectivity index (χ1v) is 26.6. The molecule has 360 valence electrons. The predicted octanol–water partition coefficient (Wildman–Crippen LogP) is 17.5. The summed E-state index contributed by atoms with van der Waals surface area (Å²) in [7, 11) is 0. The zero-order valence-electron chi connectivity index (χ0n) is 41.1. The number of hydrogen-bond acceptors (Lipinski definition) is 6. The van der Waals surface area contributed by atoms with Gasteiger partial charge < -0.3 is 14.2 Å². The molecule has 6 heteroatoms. The normalized spacial score (nSPS) is 12.4. The lowest BCUT2D eigenvalue weighted by atomic mass is 10.0. The highest BCUT2D eigenvalue weighted by Gasteiger charge is 2.19. The lowest BCUT2D eigenvalue weighted by Gasteiger charge is -2.18. The van der Waals surface area contributed by atoms with Gasteiger partial charge in [0, 0.05) is 19.3 Å². The average molecular weight is 869 g/mol. The quantitative estimate of drug-likeness (QED) is 0.0262. The van der Waals surface area contributed by atoms with E-state index < -0.39 is 6.10 Å². The molecule has 6 nitrogen and oxygen atoms in total. The first kappa shape index (κ1) is 59.4. The summed E-state index contributed by atoms with van der Waals surface area (Å²) in [5.74, 6) is -0.905. The maximum absolute atomic E-state index is 12.8. The monoisotopic (exact) mass is 869 g/mol. The Bertz CT molecular complexity index is 1090. The first-order chi connectivity index (χ1) is 30.5. The van der Waals surface area contributed by atoms with Crippen LogP contribution < -0.4 is 0 Å². The Morgan fingerprint density at radius 3 is 1.00 bits per heavy atom. The van der Waals surface area contributed by atoms with Crippen molar-refractivity contribution >= 4 is 17.9 Å². The summed E-state index contributed by atoms with van der Waals surface area (Å²) in [6.45, 7) is 6.51. The van der Waals surface area contributed by atoms with Gasteiger partial charge in [0.05, 0.1) is 0 Å². The first-order valence-electron chi connectivity index (χ1n) is 26.6. The molecule has 0 amide bonds. The van der Waals surface area contributed by atoms with Crippen LogP contribution in [-0.4, -0.2) is 37.2 Å². The van der Waals surface area contributed by atoms with Crippen LogP contribution in [0.2, 0.25) is 0 Å². The lowest BCUT2D eigenvalue weighted by Crippen LogP contribution is -2.30.